The molecule has 0 unspecified atom stereocenters. The Balaban J connectivity index is 1.72. The van der Waals surface area contributed by atoms with Crippen LogP contribution in [-0.4, -0.2) is 15.8 Å². The number of hydrogen-bond donors (Lipinski definition) is 1. The lowest BCUT2D eigenvalue weighted by molar-refractivity contribution is 0.523. The third-order valence-corrected chi connectivity index (χ3v) is 4.12. The van der Waals surface area contributed by atoms with Gasteiger partial charge in [-0.05, 0) is 44.0 Å². The molecule has 0 aliphatic heterocycles. The minimum Gasteiger partial charge on any atom is -0.310 e. The molecule has 0 saturated heterocycles. The number of aromatic nitrogens is 2. The average molecular weight is 273 g/mol. The minimum atomic E-state index is -0.221. The summed E-state index contributed by atoms with van der Waals surface area (Å²) in [6, 6.07) is 7.09. The van der Waals surface area contributed by atoms with E-state index in [4.69, 9.17) is 0 Å². The molecule has 0 bridgehead atoms. The number of halogens is 1. The zero-order valence-corrected chi connectivity index (χ0v) is 11.8. The molecule has 0 radical (unpaired) electrons. The Morgan fingerprint density at radius 1 is 1.25 bits per heavy atom. The first-order valence-corrected chi connectivity index (χ1v) is 7.27. The largest absolute Gasteiger partial charge is 0.310 e. The number of nitrogens with one attached hydrogen (secondary N) is 1. The van der Waals surface area contributed by atoms with E-state index < -0.39 is 0 Å². The second kappa shape index (κ2) is 5.75. The molecule has 3 rings (SSSR count). The minimum absolute atomic E-state index is 0.221. The Morgan fingerprint density at radius 3 is 2.65 bits per heavy atom. The van der Waals surface area contributed by atoms with Gasteiger partial charge < -0.3 is 5.32 Å². The summed E-state index contributed by atoms with van der Waals surface area (Å²) in [7, 11) is 0. The highest BCUT2D eigenvalue weighted by Gasteiger charge is 2.15. The van der Waals surface area contributed by atoms with Gasteiger partial charge in [0.05, 0.1) is 11.9 Å². The fourth-order valence-corrected chi connectivity index (χ4v) is 2.84. The molecular weight excluding hydrogens is 253 g/mol. The second-order valence-electron chi connectivity index (χ2n) is 5.51. The predicted octanol–water partition coefficient (Wildman–Crippen LogP) is 3.35. The van der Waals surface area contributed by atoms with Crippen molar-refractivity contribution in [2.75, 3.05) is 0 Å². The van der Waals surface area contributed by atoms with Gasteiger partial charge in [-0.25, -0.2) is 9.07 Å². The van der Waals surface area contributed by atoms with E-state index in [9.17, 15) is 4.39 Å². The zero-order valence-electron chi connectivity index (χ0n) is 11.8. The predicted molar refractivity (Wildman–Crippen MR) is 77.4 cm³/mol. The van der Waals surface area contributed by atoms with Gasteiger partial charge in [0.1, 0.15) is 5.82 Å². The first kappa shape index (κ1) is 13.3. The van der Waals surface area contributed by atoms with Gasteiger partial charge in [-0.15, -0.1) is 0 Å². The van der Waals surface area contributed by atoms with Crippen LogP contribution in [0, 0.1) is 12.7 Å². The highest BCUT2D eigenvalue weighted by Crippen LogP contribution is 2.19. The van der Waals surface area contributed by atoms with Crippen LogP contribution in [0.3, 0.4) is 0 Å². The summed E-state index contributed by atoms with van der Waals surface area (Å²) in [5.74, 6) is -0.221. The van der Waals surface area contributed by atoms with Gasteiger partial charge in [0.15, 0.2) is 0 Å². The molecule has 1 fully saturated rings. The van der Waals surface area contributed by atoms with E-state index >= 15 is 0 Å². The van der Waals surface area contributed by atoms with E-state index in [1.165, 1.54) is 43.4 Å². The SMILES string of the molecule is Cc1c(CNC2CCCC2)cnn1-c1ccc(F)cc1. The highest BCUT2D eigenvalue weighted by molar-refractivity contribution is 5.34. The quantitative estimate of drug-likeness (QED) is 0.925. The monoisotopic (exact) mass is 273 g/mol. The van der Waals surface area contributed by atoms with Gasteiger partial charge in [0.2, 0.25) is 0 Å². The molecule has 4 heteroatoms. The summed E-state index contributed by atoms with van der Waals surface area (Å²) in [6.07, 6.45) is 7.15. The first-order valence-electron chi connectivity index (χ1n) is 7.27. The van der Waals surface area contributed by atoms with Crippen LogP contribution >= 0.6 is 0 Å². The topological polar surface area (TPSA) is 29.9 Å². The summed E-state index contributed by atoms with van der Waals surface area (Å²) in [6.45, 7) is 2.92. The van der Waals surface area contributed by atoms with Crippen molar-refractivity contribution in [2.24, 2.45) is 0 Å². The summed E-state index contributed by atoms with van der Waals surface area (Å²) >= 11 is 0. The van der Waals surface area contributed by atoms with Crippen molar-refractivity contribution < 1.29 is 4.39 Å². The normalized spacial score (nSPS) is 15.9. The second-order valence-corrected chi connectivity index (χ2v) is 5.51. The maximum Gasteiger partial charge on any atom is 0.123 e. The molecule has 1 aliphatic rings. The van der Waals surface area contributed by atoms with Crippen LogP contribution in [0.5, 0.6) is 0 Å². The molecule has 0 amide bonds. The van der Waals surface area contributed by atoms with E-state index in [2.05, 4.69) is 17.3 Å². The summed E-state index contributed by atoms with van der Waals surface area (Å²) in [5.41, 5.74) is 3.22. The molecule has 0 spiro atoms. The van der Waals surface area contributed by atoms with Gasteiger partial charge in [-0.1, -0.05) is 12.8 Å². The van der Waals surface area contributed by atoms with E-state index in [0.29, 0.717) is 6.04 Å². The van der Waals surface area contributed by atoms with Crippen molar-refractivity contribution in [2.45, 2.75) is 45.2 Å². The lowest BCUT2D eigenvalue weighted by Crippen LogP contribution is -2.25. The first-order chi connectivity index (χ1) is 9.74. The van der Waals surface area contributed by atoms with Crippen LogP contribution in [0.25, 0.3) is 5.69 Å². The Morgan fingerprint density at radius 2 is 1.95 bits per heavy atom. The molecule has 1 N–H and O–H groups in total. The van der Waals surface area contributed by atoms with E-state index in [1.807, 2.05) is 10.9 Å². The summed E-state index contributed by atoms with van der Waals surface area (Å²) in [4.78, 5) is 0. The molecule has 1 aliphatic carbocycles. The van der Waals surface area contributed by atoms with Crippen LogP contribution in [0.4, 0.5) is 4.39 Å². The average Bonchev–Trinajstić information content (AvgIpc) is 3.08. The molecule has 2 aromatic rings. The molecule has 1 aromatic carbocycles. The molecule has 1 aromatic heterocycles. The van der Waals surface area contributed by atoms with Gasteiger partial charge in [0, 0.05) is 23.8 Å². The van der Waals surface area contributed by atoms with E-state index in [1.54, 1.807) is 12.1 Å². The maximum absolute atomic E-state index is 13.0. The Bertz CT molecular complexity index is 568. The zero-order chi connectivity index (χ0) is 13.9. The van der Waals surface area contributed by atoms with Gasteiger partial charge in [0.25, 0.3) is 0 Å². The maximum atomic E-state index is 13.0. The molecule has 3 nitrogen and oxygen atoms in total. The van der Waals surface area contributed by atoms with E-state index in [-0.39, 0.29) is 5.82 Å². The van der Waals surface area contributed by atoms with Crippen molar-refractivity contribution >= 4 is 0 Å². The Kier molecular flexibility index (Phi) is 3.83. The smallest absolute Gasteiger partial charge is 0.123 e. The number of benzene rings is 1. The molecule has 1 heterocycles. The Labute approximate surface area is 118 Å². The highest BCUT2D eigenvalue weighted by atomic mass is 19.1. The van der Waals surface area contributed by atoms with Crippen molar-refractivity contribution in [3.05, 3.63) is 47.5 Å². The van der Waals surface area contributed by atoms with Crippen molar-refractivity contribution in [1.29, 1.82) is 0 Å². The van der Waals surface area contributed by atoms with E-state index in [0.717, 1.165) is 17.9 Å². The third kappa shape index (κ3) is 2.75. The summed E-state index contributed by atoms with van der Waals surface area (Å²) in [5, 5.41) is 8.01. The van der Waals surface area contributed by atoms with Gasteiger partial charge in [-0.3, -0.25) is 0 Å². The van der Waals surface area contributed by atoms with Crippen LogP contribution in [0.15, 0.2) is 30.5 Å². The lowest BCUT2D eigenvalue weighted by Gasteiger charge is -2.11. The third-order valence-electron chi connectivity index (χ3n) is 4.12. The summed E-state index contributed by atoms with van der Waals surface area (Å²) < 4.78 is 14.8. The lowest BCUT2D eigenvalue weighted by atomic mass is 10.2. The van der Waals surface area contributed by atoms with Gasteiger partial charge in [-0.2, -0.15) is 5.10 Å². The fourth-order valence-electron chi connectivity index (χ4n) is 2.84. The molecule has 106 valence electrons. The fraction of sp³-hybridized carbons (Fsp3) is 0.438. The number of nitrogens with zero attached hydrogens (tertiary/aromatic N) is 2. The molecular formula is C16H20FN3. The van der Waals surface area contributed by atoms with Crippen molar-refractivity contribution in [1.82, 2.24) is 15.1 Å². The molecule has 1 saturated carbocycles. The molecule has 0 atom stereocenters. The van der Waals surface area contributed by atoms with Crippen LogP contribution < -0.4 is 5.32 Å². The number of hydrogen-bond acceptors (Lipinski definition) is 2. The molecule has 20 heavy (non-hydrogen) atoms. The van der Waals surface area contributed by atoms with Crippen LogP contribution in [-0.2, 0) is 6.54 Å². The van der Waals surface area contributed by atoms with Crippen molar-refractivity contribution in [3.8, 4) is 5.69 Å². The number of rotatable bonds is 4. The Hall–Kier alpha value is -1.68. The van der Waals surface area contributed by atoms with Crippen LogP contribution in [0.1, 0.15) is 36.9 Å². The van der Waals surface area contributed by atoms with Crippen molar-refractivity contribution in [3.63, 3.8) is 0 Å². The van der Waals surface area contributed by atoms with Crippen LogP contribution in [0.2, 0.25) is 0 Å². The standard InChI is InChI=1S/C16H20FN3/c1-12-13(10-18-15-4-2-3-5-15)11-19-20(12)16-8-6-14(17)7-9-16/h6-9,11,15,18H,2-5,10H2,1H3. The van der Waals surface area contributed by atoms with Gasteiger partial charge >= 0.3 is 0 Å².